The number of aromatic nitrogens is 2. The molecule has 1 heterocycles. The van der Waals surface area contributed by atoms with Gasteiger partial charge in [-0.25, -0.2) is 4.79 Å². The number of carbonyl (C=O) groups is 2. The van der Waals surface area contributed by atoms with Crippen molar-refractivity contribution in [3.8, 4) is 0 Å². The number of hydrogen-bond acceptors (Lipinski definition) is 3. The van der Waals surface area contributed by atoms with Gasteiger partial charge in [0.05, 0.1) is 22.3 Å². The predicted molar refractivity (Wildman–Crippen MR) is 74.3 cm³/mol. The number of anilines is 1. The number of aryl methyl sites for hydroxylation is 1. The Kier molecular flexibility index (Phi) is 3.76. The Labute approximate surface area is 120 Å². The van der Waals surface area contributed by atoms with E-state index in [1.165, 1.54) is 24.4 Å². The van der Waals surface area contributed by atoms with Crippen LogP contribution in [0.4, 0.5) is 5.69 Å². The van der Waals surface area contributed by atoms with Crippen molar-refractivity contribution in [2.45, 2.75) is 6.92 Å². The number of carbonyl (C=O) groups excluding carboxylic acids is 1. The average molecular weight is 294 g/mol. The molecular weight excluding hydrogens is 282 g/mol. The number of aromatic carboxylic acids is 1. The van der Waals surface area contributed by atoms with Crippen molar-refractivity contribution in [3.63, 3.8) is 0 Å². The van der Waals surface area contributed by atoms with Gasteiger partial charge < -0.3 is 10.4 Å². The van der Waals surface area contributed by atoms with Gasteiger partial charge in [-0.15, -0.1) is 0 Å². The number of benzene rings is 1. The van der Waals surface area contributed by atoms with Gasteiger partial charge in [-0.1, -0.05) is 11.6 Å². The third-order valence-corrected chi connectivity index (χ3v) is 3.25. The Morgan fingerprint density at radius 3 is 2.55 bits per heavy atom. The van der Waals surface area contributed by atoms with Crippen LogP contribution in [0.3, 0.4) is 0 Å². The lowest BCUT2D eigenvalue weighted by atomic mass is 10.2. The first-order valence-electron chi connectivity index (χ1n) is 5.73. The third-order valence-electron chi connectivity index (χ3n) is 2.94. The van der Waals surface area contributed by atoms with E-state index >= 15 is 0 Å². The zero-order chi connectivity index (χ0) is 14.9. The number of halogens is 1. The lowest BCUT2D eigenvalue weighted by molar-refractivity contribution is 0.0697. The van der Waals surface area contributed by atoms with Crippen LogP contribution in [0.2, 0.25) is 5.02 Å². The number of nitrogens with zero attached hydrogens (tertiary/aromatic N) is 2. The van der Waals surface area contributed by atoms with Crippen molar-refractivity contribution in [2.24, 2.45) is 7.05 Å². The summed E-state index contributed by atoms with van der Waals surface area (Å²) in [6.45, 7) is 1.78. The number of nitrogens with one attached hydrogen (secondary N) is 1. The zero-order valence-electron chi connectivity index (χ0n) is 10.8. The fraction of sp³-hybridized carbons (Fsp3) is 0.154. The minimum Gasteiger partial charge on any atom is -0.478 e. The van der Waals surface area contributed by atoms with Crippen molar-refractivity contribution in [1.29, 1.82) is 0 Å². The van der Waals surface area contributed by atoms with Gasteiger partial charge in [0.1, 0.15) is 0 Å². The van der Waals surface area contributed by atoms with E-state index in [2.05, 4.69) is 10.4 Å². The molecule has 0 aliphatic heterocycles. The molecule has 0 spiro atoms. The highest BCUT2D eigenvalue weighted by Crippen LogP contribution is 2.21. The van der Waals surface area contributed by atoms with E-state index in [1.54, 1.807) is 18.7 Å². The van der Waals surface area contributed by atoms with Gasteiger partial charge in [-0.05, 0) is 25.1 Å². The van der Waals surface area contributed by atoms with Gasteiger partial charge in [0.25, 0.3) is 5.91 Å². The molecule has 1 amide bonds. The molecule has 2 N–H and O–H groups in total. The monoisotopic (exact) mass is 293 g/mol. The molecule has 2 aromatic rings. The van der Waals surface area contributed by atoms with Crippen LogP contribution in [0.5, 0.6) is 0 Å². The molecule has 20 heavy (non-hydrogen) atoms. The molecule has 6 nitrogen and oxygen atoms in total. The Bertz CT molecular complexity index is 694. The van der Waals surface area contributed by atoms with E-state index in [-0.39, 0.29) is 16.5 Å². The normalized spacial score (nSPS) is 10.3. The van der Waals surface area contributed by atoms with Crippen LogP contribution in [0, 0.1) is 6.92 Å². The first-order valence-corrected chi connectivity index (χ1v) is 6.10. The van der Waals surface area contributed by atoms with Crippen LogP contribution in [0.15, 0.2) is 24.4 Å². The van der Waals surface area contributed by atoms with Crippen LogP contribution < -0.4 is 5.32 Å². The molecule has 0 fully saturated rings. The smallest absolute Gasteiger partial charge is 0.337 e. The molecule has 0 bridgehead atoms. The summed E-state index contributed by atoms with van der Waals surface area (Å²) in [5.41, 5.74) is 1.59. The van der Waals surface area contributed by atoms with Gasteiger partial charge >= 0.3 is 5.97 Å². The van der Waals surface area contributed by atoms with E-state index < -0.39 is 5.97 Å². The molecule has 0 atom stereocenters. The van der Waals surface area contributed by atoms with E-state index in [1.807, 2.05) is 0 Å². The van der Waals surface area contributed by atoms with Gasteiger partial charge in [-0.3, -0.25) is 9.48 Å². The van der Waals surface area contributed by atoms with Crippen molar-refractivity contribution in [1.82, 2.24) is 9.78 Å². The summed E-state index contributed by atoms with van der Waals surface area (Å²) >= 11 is 5.84. The van der Waals surface area contributed by atoms with Crippen molar-refractivity contribution < 1.29 is 14.7 Å². The SMILES string of the molecule is Cc1c(C(=O)Nc2ccc(C(=O)O)c(Cl)c2)cnn1C. The first kappa shape index (κ1) is 14.1. The fourth-order valence-corrected chi connectivity index (χ4v) is 1.95. The topological polar surface area (TPSA) is 84.2 Å². The molecule has 0 aliphatic carbocycles. The van der Waals surface area contributed by atoms with Crippen molar-refractivity contribution in [3.05, 3.63) is 46.2 Å². The highest BCUT2D eigenvalue weighted by molar-refractivity contribution is 6.33. The summed E-state index contributed by atoms with van der Waals surface area (Å²) in [6.07, 6.45) is 1.47. The summed E-state index contributed by atoms with van der Waals surface area (Å²) in [6, 6.07) is 4.23. The van der Waals surface area contributed by atoms with Crippen LogP contribution in [0.25, 0.3) is 0 Å². The molecule has 2 rings (SSSR count). The Morgan fingerprint density at radius 1 is 1.35 bits per heavy atom. The molecular formula is C13H12ClN3O3. The molecule has 0 aliphatic rings. The second kappa shape index (κ2) is 5.34. The molecule has 0 radical (unpaired) electrons. The second-order valence-corrected chi connectivity index (χ2v) is 4.63. The zero-order valence-corrected chi connectivity index (χ0v) is 11.6. The maximum atomic E-state index is 12.1. The van der Waals surface area contributed by atoms with Crippen LogP contribution in [0.1, 0.15) is 26.4 Å². The first-order chi connectivity index (χ1) is 9.40. The second-order valence-electron chi connectivity index (χ2n) is 4.22. The quantitative estimate of drug-likeness (QED) is 0.909. The van der Waals surface area contributed by atoms with Gasteiger partial charge in [0.2, 0.25) is 0 Å². The molecule has 104 valence electrons. The van der Waals surface area contributed by atoms with Crippen molar-refractivity contribution in [2.75, 3.05) is 5.32 Å². The number of hydrogen-bond donors (Lipinski definition) is 2. The number of carboxylic acid groups (broad SMARTS) is 1. The average Bonchev–Trinajstić information content (AvgIpc) is 2.69. The summed E-state index contributed by atoms with van der Waals surface area (Å²) in [7, 11) is 1.74. The summed E-state index contributed by atoms with van der Waals surface area (Å²) in [5, 5.41) is 15.6. The van der Waals surface area contributed by atoms with E-state index in [0.717, 1.165) is 5.69 Å². The van der Waals surface area contributed by atoms with Crippen LogP contribution >= 0.6 is 11.6 Å². The predicted octanol–water partition coefficient (Wildman–Crippen LogP) is 2.33. The summed E-state index contributed by atoms with van der Waals surface area (Å²) in [4.78, 5) is 22.9. The van der Waals surface area contributed by atoms with E-state index in [4.69, 9.17) is 16.7 Å². The number of carboxylic acids is 1. The fourth-order valence-electron chi connectivity index (χ4n) is 1.69. The number of rotatable bonds is 3. The van der Waals surface area contributed by atoms with Crippen LogP contribution in [-0.2, 0) is 7.05 Å². The molecule has 0 saturated carbocycles. The molecule has 0 unspecified atom stereocenters. The number of amides is 1. The van der Waals surface area contributed by atoms with Gasteiger partial charge in [0, 0.05) is 18.4 Å². The summed E-state index contributed by atoms with van der Waals surface area (Å²) in [5.74, 6) is -1.44. The highest BCUT2D eigenvalue weighted by atomic mass is 35.5. The largest absolute Gasteiger partial charge is 0.478 e. The van der Waals surface area contributed by atoms with Gasteiger partial charge in [0.15, 0.2) is 0 Å². The standard InChI is InChI=1S/C13H12ClN3O3/c1-7-10(6-15-17(7)2)12(18)16-8-3-4-9(13(19)20)11(14)5-8/h3-6H,1-2H3,(H,16,18)(H,19,20). The Hall–Kier alpha value is -2.34. The Balaban J connectivity index is 2.22. The van der Waals surface area contributed by atoms with E-state index in [9.17, 15) is 9.59 Å². The van der Waals surface area contributed by atoms with Crippen LogP contribution in [-0.4, -0.2) is 26.8 Å². The molecule has 0 saturated heterocycles. The van der Waals surface area contributed by atoms with E-state index in [0.29, 0.717) is 11.3 Å². The third kappa shape index (κ3) is 2.65. The minimum atomic E-state index is -1.11. The highest BCUT2D eigenvalue weighted by Gasteiger charge is 2.14. The lowest BCUT2D eigenvalue weighted by Gasteiger charge is -2.06. The molecule has 1 aromatic carbocycles. The summed E-state index contributed by atoms with van der Waals surface area (Å²) < 4.78 is 1.59. The molecule has 1 aromatic heterocycles. The molecule has 7 heteroatoms. The Morgan fingerprint density at radius 2 is 2.05 bits per heavy atom. The maximum Gasteiger partial charge on any atom is 0.337 e. The van der Waals surface area contributed by atoms with Gasteiger partial charge in [-0.2, -0.15) is 5.10 Å². The maximum absolute atomic E-state index is 12.1. The minimum absolute atomic E-state index is 0.0118. The lowest BCUT2D eigenvalue weighted by Crippen LogP contribution is -2.13. The van der Waals surface area contributed by atoms with Crippen molar-refractivity contribution >= 4 is 29.2 Å².